The van der Waals surface area contributed by atoms with Gasteiger partial charge in [-0.3, -0.25) is 15.0 Å². The van der Waals surface area contributed by atoms with E-state index in [0.717, 1.165) is 18.7 Å². The molecule has 1 fully saturated rings. The molecule has 2 heterocycles. The number of carbonyl (C=O) groups excluding carboxylic acids is 1. The summed E-state index contributed by atoms with van der Waals surface area (Å²) < 4.78 is 11.1. The average molecular weight is 291 g/mol. The molecule has 1 aromatic heterocycles. The van der Waals surface area contributed by atoms with Crippen LogP contribution >= 0.6 is 0 Å². The molecule has 1 saturated heterocycles. The Morgan fingerprint density at radius 2 is 2.00 bits per heavy atom. The molecule has 114 valence electrons. The van der Waals surface area contributed by atoms with Crippen LogP contribution in [0.3, 0.4) is 0 Å². The molecule has 1 N–H and O–H groups in total. The van der Waals surface area contributed by atoms with Crippen molar-refractivity contribution in [2.45, 2.75) is 39.9 Å². The number of hydrogen-bond acceptors (Lipinski definition) is 5. The number of hydrogen-bond donors (Lipinski definition) is 1. The largest absolute Gasteiger partial charge is 0.444 e. The van der Waals surface area contributed by atoms with Crippen molar-refractivity contribution in [1.29, 1.82) is 5.26 Å². The predicted octanol–water partition coefficient (Wildman–Crippen LogP) is 1.82. The van der Waals surface area contributed by atoms with Gasteiger partial charge in [0.1, 0.15) is 17.4 Å². The maximum atomic E-state index is 12.1. The van der Waals surface area contributed by atoms with Crippen molar-refractivity contribution in [2.24, 2.45) is 0 Å². The van der Waals surface area contributed by atoms with Crippen LogP contribution in [0.4, 0.5) is 5.88 Å². The lowest BCUT2D eigenvalue weighted by Crippen LogP contribution is -2.48. The molecule has 1 aliphatic rings. The van der Waals surface area contributed by atoms with Gasteiger partial charge >= 0.3 is 0 Å². The molecule has 0 bridgehead atoms. The van der Waals surface area contributed by atoms with Gasteiger partial charge in [0.2, 0.25) is 11.8 Å². The molecule has 0 aliphatic carbocycles. The second-order valence-corrected chi connectivity index (χ2v) is 5.60. The van der Waals surface area contributed by atoms with E-state index in [0.29, 0.717) is 11.3 Å². The van der Waals surface area contributed by atoms with Crippen molar-refractivity contribution < 1.29 is 13.9 Å². The van der Waals surface area contributed by atoms with E-state index in [1.165, 1.54) is 0 Å². The molecule has 21 heavy (non-hydrogen) atoms. The van der Waals surface area contributed by atoms with E-state index in [1.807, 2.05) is 18.7 Å². The summed E-state index contributed by atoms with van der Waals surface area (Å²) in [6, 6.07) is 2.07. The Morgan fingerprint density at radius 1 is 1.38 bits per heavy atom. The normalized spacial score (nSPS) is 22.8. The minimum absolute atomic E-state index is 0.115. The lowest BCUT2D eigenvalue weighted by Gasteiger charge is -2.34. The third kappa shape index (κ3) is 3.63. The molecule has 0 unspecified atom stereocenters. The Kier molecular flexibility index (Phi) is 4.66. The van der Waals surface area contributed by atoms with E-state index >= 15 is 0 Å². The average Bonchev–Trinajstić information content (AvgIpc) is 2.62. The van der Waals surface area contributed by atoms with Crippen molar-refractivity contribution >= 4 is 11.8 Å². The predicted molar refractivity (Wildman–Crippen MR) is 78.0 cm³/mol. The zero-order valence-electron chi connectivity index (χ0n) is 12.9. The van der Waals surface area contributed by atoms with Gasteiger partial charge in [-0.15, -0.1) is 0 Å². The van der Waals surface area contributed by atoms with Gasteiger partial charge in [0, 0.05) is 18.7 Å². The fourth-order valence-electron chi connectivity index (χ4n) is 2.63. The Morgan fingerprint density at radius 3 is 2.57 bits per heavy atom. The molecule has 1 aromatic rings. The van der Waals surface area contributed by atoms with Crippen molar-refractivity contribution in [3.63, 3.8) is 0 Å². The highest BCUT2D eigenvalue weighted by Crippen LogP contribution is 2.25. The number of morpholine rings is 1. The lowest BCUT2D eigenvalue weighted by atomic mass is 10.2. The Labute approximate surface area is 124 Å². The highest BCUT2D eigenvalue weighted by molar-refractivity contribution is 5.92. The van der Waals surface area contributed by atoms with Gasteiger partial charge in [-0.2, -0.15) is 5.26 Å². The Balaban J connectivity index is 1.99. The number of rotatable bonds is 3. The van der Waals surface area contributed by atoms with Crippen LogP contribution in [0.2, 0.25) is 0 Å². The van der Waals surface area contributed by atoms with Gasteiger partial charge in [-0.25, -0.2) is 0 Å². The van der Waals surface area contributed by atoms with Crippen LogP contribution in [0.1, 0.15) is 30.7 Å². The van der Waals surface area contributed by atoms with Crippen molar-refractivity contribution in [3.8, 4) is 6.07 Å². The monoisotopic (exact) mass is 291 g/mol. The first-order chi connectivity index (χ1) is 9.90. The third-order valence-corrected chi connectivity index (χ3v) is 3.61. The first-order valence-electron chi connectivity index (χ1n) is 7.08. The first-order valence-corrected chi connectivity index (χ1v) is 7.08. The minimum atomic E-state index is -0.179. The van der Waals surface area contributed by atoms with Crippen LogP contribution in [0.5, 0.6) is 0 Å². The minimum Gasteiger partial charge on any atom is -0.444 e. The topological polar surface area (TPSA) is 78.5 Å². The van der Waals surface area contributed by atoms with Gasteiger partial charge in [0.15, 0.2) is 0 Å². The van der Waals surface area contributed by atoms with Crippen molar-refractivity contribution in [1.82, 2.24) is 4.90 Å². The summed E-state index contributed by atoms with van der Waals surface area (Å²) in [5, 5.41) is 11.8. The van der Waals surface area contributed by atoms with Crippen LogP contribution in [-0.4, -0.2) is 42.6 Å². The first kappa shape index (κ1) is 15.5. The second kappa shape index (κ2) is 6.29. The molecule has 1 aliphatic heterocycles. The molecule has 6 heteroatoms. The number of anilines is 1. The standard InChI is InChI=1S/C15H21N3O3/c1-9-6-18(7-10(2)20-9)8-14(19)17-15-13(5-16)11(3)12(4)21-15/h9-10H,6-8H2,1-4H3,(H,17,19)/t9-,10-/m1/s1. The van der Waals surface area contributed by atoms with Crippen LogP contribution in [0, 0.1) is 25.2 Å². The summed E-state index contributed by atoms with van der Waals surface area (Å²) in [6.45, 7) is 9.27. The smallest absolute Gasteiger partial charge is 0.240 e. The quantitative estimate of drug-likeness (QED) is 0.919. The Bertz CT molecular complexity index is 563. The summed E-state index contributed by atoms with van der Waals surface area (Å²) in [4.78, 5) is 14.2. The zero-order valence-corrected chi connectivity index (χ0v) is 12.9. The number of amides is 1. The molecule has 0 aromatic carbocycles. The molecular weight excluding hydrogens is 270 g/mol. The van der Waals surface area contributed by atoms with Gasteiger partial charge in [-0.05, 0) is 27.7 Å². The summed E-state index contributed by atoms with van der Waals surface area (Å²) in [5.41, 5.74) is 1.16. The van der Waals surface area contributed by atoms with E-state index in [4.69, 9.17) is 14.4 Å². The molecule has 0 spiro atoms. The SMILES string of the molecule is Cc1oc(NC(=O)CN2C[C@@H](C)O[C@H](C)C2)c(C#N)c1C. The van der Waals surface area contributed by atoms with Crippen LogP contribution in [-0.2, 0) is 9.53 Å². The number of nitrogens with one attached hydrogen (secondary N) is 1. The molecule has 0 radical (unpaired) electrons. The molecule has 1 amide bonds. The number of nitrogens with zero attached hydrogens (tertiary/aromatic N) is 2. The fraction of sp³-hybridized carbons (Fsp3) is 0.600. The fourth-order valence-corrected chi connectivity index (χ4v) is 2.63. The van der Waals surface area contributed by atoms with Gasteiger partial charge in [0.25, 0.3) is 0 Å². The molecule has 2 atom stereocenters. The highest BCUT2D eigenvalue weighted by Gasteiger charge is 2.24. The van der Waals surface area contributed by atoms with E-state index in [2.05, 4.69) is 11.4 Å². The zero-order chi connectivity index (χ0) is 15.6. The Hall–Kier alpha value is -1.84. The maximum Gasteiger partial charge on any atom is 0.240 e. The number of furan rings is 1. The highest BCUT2D eigenvalue weighted by atomic mass is 16.5. The van der Waals surface area contributed by atoms with Crippen LogP contribution in [0.25, 0.3) is 0 Å². The lowest BCUT2D eigenvalue weighted by molar-refractivity contribution is -0.121. The summed E-state index contributed by atoms with van der Waals surface area (Å²) in [6.07, 6.45) is 0.230. The number of carbonyl (C=O) groups is 1. The maximum absolute atomic E-state index is 12.1. The van der Waals surface area contributed by atoms with E-state index < -0.39 is 0 Å². The number of aryl methyl sites for hydroxylation is 1. The summed E-state index contributed by atoms with van der Waals surface area (Å²) in [5.74, 6) is 0.712. The van der Waals surface area contributed by atoms with E-state index in [1.54, 1.807) is 13.8 Å². The summed E-state index contributed by atoms with van der Waals surface area (Å²) >= 11 is 0. The van der Waals surface area contributed by atoms with Crippen molar-refractivity contribution in [3.05, 3.63) is 16.9 Å². The second-order valence-electron chi connectivity index (χ2n) is 5.60. The number of ether oxygens (including phenoxy) is 1. The van der Waals surface area contributed by atoms with E-state index in [9.17, 15) is 4.79 Å². The third-order valence-electron chi connectivity index (χ3n) is 3.61. The van der Waals surface area contributed by atoms with Crippen LogP contribution in [0.15, 0.2) is 4.42 Å². The molecule has 6 nitrogen and oxygen atoms in total. The van der Waals surface area contributed by atoms with Gasteiger partial charge in [-0.1, -0.05) is 0 Å². The molecule has 2 rings (SSSR count). The molecular formula is C15H21N3O3. The van der Waals surface area contributed by atoms with E-state index in [-0.39, 0.29) is 30.5 Å². The van der Waals surface area contributed by atoms with Gasteiger partial charge < -0.3 is 9.15 Å². The number of nitriles is 1. The van der Waals surface area contributed by atoms with Gasteiger partial charge in [0.05, 0.1) is 18.8 Å². The molecule has 0 saturated carbocycles. The van der Waals surface area contributed by atoms with Crippen molar-refractivity contribution in [2.75, 3.05) is 25.0 Å². The van der Waals surface area contributed by atoms with Crippen LogP contribution < -0.4 is 5.32 Å². The summed E-state index contributed by atoms with van der Waals surface area (Å²) in [7, 11) is 0.